The zero-order chi connectivity index (χ0) is 27.4. The lowest BCUT2D eigenvalue weighted by molar-refractivity contribution is -0.125. The van der Waals surface area contributed by atoms with Gasteiger partial charge in [-0.2, -0.15) is 4.98 Å². The van der Waals surface area contributed by atoms with Crippen LogP contribution < -0.4 is 15.5 Å². The van der Waals surface area contributed by atoms with E-state index >= 15 is 0 Å². The lowest BCUT2D eigenvalue weighted by Crippen LogP contribution is -2.28. The maximum atomic E-state index is 12.3. The van der Waals surface area contributed by atoms with E-state index in [1.54, 1.807) is 6.20 Å². The number of aromatic nitrogens is 4. The molecule has 5 rings (SSSR count). The zero-order valence-electron chi connectivity index (χ0n) is 22.7. The quantitative estimate of drug-likeness (QED) is 0.297. The molecule has 0 aliphatic carbocycles. The Bertz CT molecular complexity index is 1430. The molecule has 2 aromatic heterocycles. The van der Waals surface area contributed by atoms with Crippen LogP contribution in [0.2, 0.25) is 0 Å². The number of rotatable bonds is 10. The first-order valence-corrected chi connectivity index (χ1v) is 13.1. The number of carbonyl (C=O) groups is 1. The van der Waals surface area contributed by atoms with Crippen molar-refractivity contribution in [2.45, 2.75) is 12.5 Å². The molecule has 4 aromatic rings. The van der Waals surface area contributed by atoms with Crippen molar-refractivity contribution >= 4 is 46.0 Å². The molecule has 0 bridgehead atoms. The second-order valence-corrected chi connectivity index (χ2v) is 10.0. The summed E-state index contributed by atoms with van der Waals surface area (Å²) < 4.78 is 2.09. The van der Waals surface area contributed by atoms with E-state index in [2.05, 4.69) is 69.8 Å². The average molecular weight is 526 g/mol. The number of likely N-dealkylation sites (tertiary alicyclic amines) is 1. The summed E-state index contributed by atoms with van der Waals surface area (Å²) in [4.78, 5) is 32.7. The Labute approximate surface area is 229 Å². The Morgan fingerprint density at radius 1 is 1.03 bits per heavy atom. The summed E-state index contributed by atoms with van der Waals surface area (Å²) in [5.74, 6) is 1.10. The second kappa shape index (κ2) is 11.5. The minimum absolute atomic E-state index is 0.0184. The van der Waals surface area contributed by atoms with Crippen molar-refractivity contribution in [1.82, 2.24) is 29.3 Å². The number of carbonyl (C=O) groups excluding carboxylic acids is 1. The molecule has 1 aliphatic rings. The first-order chi connectivity index (χ1) is 18.9. The normalized spacial score (nSPS) is 15.1. The van der Waals surface area contributed by atoms with E-state index in [0.717, 1.165) is 36.6 Å². The lowest BCUT2D eigenvalue weighted by Gasteiger charge is -2.21. The number of anilines is 5. The minimum atomic E-state index is -0.0627. The van der Waals surface area contributed by atoms with Crippen LogP contribution in [0.4, 0.5) is 29.0 Å². The van der Waals surface area contributed by atoms with Crippen LogP contribution in [-0.2, 0) is 4.79 Å². The first kappa shape index (κ1) is 26.2. The van der Waals surface area contributed by atoms with Crippen LogP contribution in [0.15, 0.2) is 73.4 Å². The van der Waals surface area contributed by atoms with Gasteiger partial charge in [-0.15, -0.1) is 0 Å². The number of nitrogens with one attached hydrogen (secondary N) is 2. The Kier molecular flexibility index (Phi) is 7.74. The highest BCUT2D eigenvalue weighted by atomic mass is 16.2. The molecule has 0 radical (unpaired) electrons. The Morgan fingerprint density at radius 2 is 1.77 bits per heavy atom. The molecule has 1 amide bonds. The maximum absolute atomic E-state index is 12.3. The molecule has 202 valence electrons. The van der Waals surface area contributed by atoms with Gasteiger partial charge in [-0.3, -0.25) is 9.36 Å². The molecular weight excluding hydrogens is 490 g/mol. The molecule has 10 heteroatoms. The summed E-state index contributed by atoms with van der Waals surface area (Å²) in [5, 5.41) is 6.77. The highest BCUT2D eigenvalue weighted by Crippen LogP contribution is 2.32. The largest absolute Gasteiger partial charge is 0.373 e. The molecule has 1 unspecified atom stereocenters. The van der Waals surface area contributed by atoms with Crippen LogP contribution in [0.25, 0.3) is 11.2 Å². The Hall–Kier alpha value is -4.44. The summed E-state index contributed by atoms with van der Waals surface area (Å²) in [6.07, 6.45) is 3.90. The highest BCUT2D eigenvalue weighted by Gasteiger charge is 2.30. The van der Waals surface area contributed by atoms with Gasteiger partial charge in [0.15, 0.2) is 5.65 Å². The molecule has 3 heterocycles. The number of likely N-dealkylation sites (N-methyl/N-ethyl adjacent to an activating group) is 2. The lowest BCUT2D eigenvalue weighted by atomic mass is 10.2. The van der Waals surface area contributed by atoms with Gasteiger partial charge in [0.25, 0.3) is 0 Å². The number of imidazole rings is 1. The van der Waals surface area contributed by atoms with Gasteiger partial charge in [0.05, 0.1) is 12.2 Å². The first-order valence-electron chi connectivity index (χ1n) is 13.1. The summed E-state index contributed by atoms with van der Waals surface area (Å²) in [7, 11) is 6.25. The monoisotopic (exact) mass is 525 g/mol. The maximum Gasteiger partial charge on any atom is 0.246 e. The fraction of sp³-hybridized carbons (Fsp3) is 0.310. The number of hydrogen-bond donors (Lipinski definition) is 2. The number of benzene rings is 2. The molecule has 1 aliphatic heterocycles. The van der Waals surface area contributed by atoms with Gasteiger partial charge in [-0.25, -0.2) is 9.97 Å². The van der Waals surface area contributed by atoms with Crippen LogP contribution in [0, 0.1) is 0 Å². The van der Waals surface area contributed by atoms with Crippen LogP contribution in [0.5, 0.6) is 0 Å². The van der Waals surface area contributed by atoms with E-state index in [9.17, 15) is 4.79 Å². The third-order valence-corrected chi connectivity index (χ3v) is 6.92. The van der Waals surface area contributed by atoms with E-state index in [1.807, 2.05) is 47.4 Å². The summed E-state index contributed by atoms with van der Waals surface area (Å²) in [6, 6.07) is 18.2. The molecule has 1 saturated heterocycles. The van der Waals surface area contributed by atoms with Gasteiger partial charge in [-0.05, 0) is 63.0 Å². The summed E-state index contributed by atoms with van der Waals surface area (Å²) in [6.45, 7) is 6.80. The van der Waals surface area contributed by atoms with E-state index < -0.39 is 0 Å². The highest BCUT2D eigenvalue weighted by molar-refractivity contribution is 5.87. The SMILES string of the molecule is C=CC(=O)N1CCC(n2c(Nc3ccccc3)nc3cnc(Nc4ccc(N(C)CCN(C)C)cc4)nc32)C1. The summed E-state index contributed by atoms with van der Waals surface area (Å²) in [5.41, 5.74) is 4.37. The van der Waals surface area contributed by atoms with Crippen LogP contribution in [0.1, 0.15) is 12.5 Å². The van der Waals surface area contributed by atoms with Crippen molar-refractivity contribution in [1.29, 1.82) is 0 Å². The van der Waals surface area contributed by atoms with Crippen molar-refractivity contribution in [3.8, 4) is 0 Å². The van der Waals surface area contributed by atoms with E-state index in [4.69, 9.17) is 9.97 Å². The molecule has 1 fully saturated rings. The zero-order valence-corrected chi connectivity index (χ0v) is 22.7. The summed E-state index contributed by atoms with van der Waals surface area (Å²) >= 11 is 0. The van der Waals surface area contributed by atoms with Gasteiger partial charge < -0.3 is 25.3 Å². The van der Waals surface area contributed by atoms with E-state index in [-0.39, 0.29) is 11.9 Å². The number of fused-ring (bicyclic) bond motifs is 1. The molecular formula is C29H35N9O. The van der Waals surface area contributed by atoms with Gasteiger partial charge >= 0.3 is 0 Å². The molecule has 2 N–H and O–H groups in total. The number of para-hydroxylation sites is 1. The molecule has 2 aromatic carbocycles. The molecule has 0 saturated carbocycles. The predicted molar refractivity (Wildman–Crippen MR) is 157 cm³/mol. The number of nitrogens with zero attached hydrogens (tertiary/aromatic N) is 7. The number of amides is 1. The van der Waals surface area contributed by atoms with Gasteiger partial charge in [-0.1, -0.05) is 24.8 Å². The van der Waals surface area contributed by atoms with Crippen molar-refractivity contribution in [2.24, 2.45) is 0 Å². The fourth-order valence-electron chi connectivity index (χ4n) is 4.73. The Morgan fingerprint density at radius 3 is 2.49 bits per heavy atom. The van der Waals surface area contributed by atoms with Gasteiger partial charge in [0.1, 0.15) is 5.52 Å². The van der Waals surface area contributed by atoms with Crippen molar-refractivity contribution in [2.75, 3.05) is 62.9 Å². The van der Waals surface area contributed by atoms with E-state index in [0.29, 0.717) is 36.2 Å². The standard InChI is InChI=1S/C29H35N9O/c1-5-26(39)37-16-15-24(20-37)38-27-25(33-29(38)32-21-9-7-6-8-10-21)19-30-28(34-27)31-22-11-13-23(14-12-22)36(4)18-17-35(2)3/h5-14,19,24H,1,15-18,20H2,2-4H3,(H,32,33)(H,30,31,34). The molecule has 1 atom stereocenters. The number of hydrogen-bond acceptors (Lipinski definition) is 8. The predicted octanol–water partition coefficient (Wildman–Crippen LogP) is 4.27. The third-order valence-electron chi connectivity index (χ3n) is 6.92. The minimum Gasteiger partial charge on any atom is -0.373 e. The molecule has 10 nitrogen and oxygen atoms in total. The van der Waals surface area contributed by atoms with Crippen molar-refractivity contribution in [3.63, 3.8) is 0 Å². The Balaban J connectivity index is 1.42. The second-order valence-electron chi connectivity index (χ2n) is 10.0. The van der Waals surface area contributed by atoms with Gasteiger partial charge in [0, 0.05) is 50.3 Å². The topological polar surface area (TPSA) is 94.4 Å². The van der Waals surface area contributed by atoms with Gasteiger partial charge in [0.2, 0.25) is 17.8 Å². The van der Waals surface area contributed by atoms with Crippen molar-refractivity contribution < 1.29 is 4.79 Å². The van der Waals surface area contributed by atoms with Crippen LogP contribution >= 0.6 is 0 Å². The third kappa shape index (κ3) is 6.01. The van der Waals surface area contributed by atoms with Crippen LogP contribution in [-0.4, -0.2) is 82.5 Å². The van der Waals surface area contributed by atoms with E-state index in [1.165, 1.54) is 6.08 Å². The molecule has 0 spiro atoms. The van der Waals surface area contributed by atoms with Crippen LogP contribution in [0.3, 0.4) is 0 Å². The van der Waals surface area contributed by atoms with Crippen molar-refractivity contribution in [3.05, 3.63) is 73.4 Å². The average Bonchev–Trinajstić information content (AvgIpc) is 3.56. The fourth-order valence-corrected chi connectivity index (χ4v) is 4.73. The molecule has 39 heavy (non-hydrogen) atoms. The smallest absolute Gasteiger partial charge is 0.246 e.